The minimum absolute atomic E-state index is 0.0126. The summed E-state index contributed by atoms with van der Waals surface area (Å²) < 4.78 is 20.1. The molecular formula is C20H20N2O8. The third-order valence-electron chi connectivity index (χ3n) is 4.83. The van der Waals surface area contributed by atoms with Gasteiger partial charge >= 0.3 is 17.9 Å². The average molecular weight is 416 g/mol. The summed E-state index contributed by atoms with van der Waals surface area (Å²) in [7, 11) is 2.25. The molecule has 0 fully saturated rings. The van der Waals surface area contributed by atoms with Gasteiger partial charge in [-0.15, -0.1) is 0 Å². The Bertz CT molecular complexity index is 1010. The van der Waals surface area contributed by atoms with Crippen molar-refractivity contribution in [3.63, 3.8) is 0 Å². The summed E-state index contributed by atoms with van der Waals surface area (Å²) in [5, 5.41) is 2.65. The number of amides is 1. The lowest BCUT2D eigenvalue weighted by atomic mass is 9.67. The maximum atomic E-state index is 13.4. The molecule has 1 aromatic rings. The fraction of sp³-hybridized carbons (Fsp3) is 0.300. The molecule has 0 aliphatic carbocycles. The zero-order valence-electron chi connectivity index (χ0n) is 16.6. The van der Waals surface area contributed by atoms with Gasteiger partial charge in [-0.2, -0.15) is 0 Å². The van der Waals surface area contributed by atoms with Crippen molar-refractivity contribution in [2.24, 2.45) is 5.73 Å². The van der Waals surface area contributed by atoms with Crippen LogP contribution in [0, 0.1) is 0 Å². The Balaban J connectivity index is 2.41. The Kier molecular flexibility index (Phi) is 5.50. The molecule has 1 aromatic carbocycles. The lowest BCUT2D eigenvalue weighted by Crippen LogP contribution is -2.48. The van der Waals surface area contributed by atoms with Gasteiger partial charge in [-0.05, 0) is 13.0 Å². The van der Waals surface area contributed by atoms with E-state index in [0.717, 1.165) is 14.2 Å². The first kappa shape index (κ1) is 20.9. The number of hydrogen-bond donors (Lipinski definition) is 2. The Labute approximate surface area is 171 Å². The number of nitrogens with two attached hydrogens (primary N) is 1. The van der Waals surface area contributed by atoms with E-state index in [9.17, 15) is 19.2 Å². The summed E-state index contributed by atoms with van der Waals surface area (Å²) in [6.45, 7) is 1.56. The second-order valence-corrected chi connectivity index (χ2v) is 6.35. The molecule has 30 heavy (non-hydrogen) atoms. The van der Waals surface area contributed by atoms with Crippen LogP contribution >= 0.6 is 0 Å². The van der Waals surface area contributed by atoms with Gasteiger partial charge in [0.15, 0.2) is 0 Å². The number of carbonyl (C=O) groups is 4. The molecule has 3 rings (SSSR count). The molecule has 10 heteroatoms. The van der Waals surface area contributed by atoms with Crippen molar-refractivity contribution >= 4 is 29.5 Å². The van der Waals surface area contributed by atoms with Crippen LogP contribution in [0.25, 0.3) is 0 Å². The van der Waals surface area contributed by atoms with Gasteiger partial charge in [0.25, 0.3) is 0 Å². The van der Waals surface area contributed by atoms with E-state index in [-0.39, 0.29) is 29.1 Å². The summed E-state index contributed by atoms with van der Waals surface area (Å²) in [5.41, 5.74) is 3.91. The fourth-order valence-electron chi connectivity index (χ4n) is 3.66. The van der Waals surface area contributed by atoms with Crippen LogP contribution in [0.1, 0.15) is 18.9 Å². The highest BCUT2D eigenvalue weighted by molar-refractivity contribution is 6.21. The second kappa shape index (κ2) is 7.90. The third kappa shape index (κ3) is 2.97. The molecule has 0 saturated heterocycles. The van der Waals surface area contributed by atoms with E-state index in [1.165, 1.54) is 0 Å². The molecule has 0 radical (unpaired) electrons. The normalized spacial score (nSPS) is 19.8. The minimum Gasteiger partial charge on any atom is -0.469 e. The zero-order valence-corrected chi connectivity index (χ0v) is 16.6. The molecule has 0 saturated carbocycles. The summed E-state index contributed by atoms with van der Waals surface area (Å²) in [5.74, 6) is -4.13. The molecule has 2 aliphatic heterocycles. The summed E-state index contributed by atoms with van der Waals surface area (Å²) in [4.78, 5) is 51.1. The van der Waals surface area contributed by atoms with Crippen molar-refractivity contribution in [1.82, 2.24) is 0 Å². The molecule has 2 aliphatic rings. The van der Waals surface area contributed by atoms with Crippen molar-refractivity contribution in [1.29, 1.82) is 0 Å². The van der Waals surface area contributed by atoms with Crippen LogP contribution < -0.4 is 11.1 Å². The number of fused-ring (bicyclic) bond motifs is 2. The summed E-state index contributed by atoms with van der Waals surface area (Å²) >= 11 is 0. The number of methoxy groups -OCH3 is 2. The zero-order chi connectivity index (χ0) is 22.1. The highest BCUT2D eigenvalue weighted by Gasteiger charge is 2.62. The molecule has 1 atom stereocenters. The van der Waals surface area contributed by atoms with Crippen molar-refractivity contribution < 1.29 is 38.1 Å². The number of rotatable bonds is 5. The van der Waals surface area contributed by atoms with Crippen LogP contribution in [0.3, 0.4) is 0 Å². The van der Waals surface area contributed by atoms with Gasteiger partial charge in [0.1, 0.15) is 28.7 Å². The molecule has 1 spiro atoms. The Morgan fingerprint density at radius 1 is 1.10 bits per heavy atom. The summed E-state index contributed by atoms with van der Waals surface area (Å²) in [6, 6.07) is 6.46. The Morgan fingerprint density at radius 2 is 1.80 bits per heavy atom. The quantitative estimate of drug-likeness (QED) is 0.522. The van der Waals surface area contributed by atoms with Crippen molar-refractivity contribution in [2.45, 2.75) is 18.8 Å². The fourth-order valence-corrected chi connectivity index (χ4v) is 3.66. The second-order valence-electron chi connectivity index (χ2n) is 6.35. The molecule has 0 bridgehead atoms. The first-order valence-corrected chi connectivity index (χ1v) is 8.97. The standard InChI is InChI=1S/C20H20N2O8/c1-4-29-18(25)15-16(21)30-12(9-13(23)27-2)14(17(24)28-3)20(15)10-7-5-6-8-11(10)22-19(20)26/h5-8H,4,9,21H2,1-3H3,(H,22,26)/t20-/m1/s1. The Hall–Kier alpha value is -3.82. The maximum absolute atomic E-state index is 13.4. The number of hydrogen-bond acceptors (Lipinski definition) is 9. The molecular weight excluding hydrogens is 396 g/mol. The van der Waals surface area contributed by atoms with Gasteiger partial charge in [-0.3, -0.25) is 9.59 Å². The van der Waals surface area contributed by atoms with Crippen LogP contribution in [-0.4, -0.2) is 44.6 Å². The van der Waals surface area contributed by atoms with E-state index in [0.29, 0.717) is 5.69 Å². The van der Waals surface area contributed by atoms with Gasteiger partial charge in [-0.25, -0.2) is 9.59 Å². The number of esters is 3. The van der Waals surface area contributed by atoms with Gasteiger partial charge in [0.2, 0.25) is 11.8 Å². The first-order chi connectivity index (χ1) is 14.3. The average Bonchev–Trinajstić information content (AvgIpc) is 2.99. The van der Waals surface area contributed by atoms with Gasteiger partial charge in [0.05, 0.1) is 20.8 Å². The van der Waals surface area contributed by atoms with Crippen LogP contribution in [0.4, 0.5) is 5.69 Å². The monoisotopic (exact) mass is 416 g/mol. The highest BCUT2D eigenvalue weighted by Crippen LogP contribution is 2.52. The van der Waals surface area contributed by atoms with Crippen LogP contribution in [-0.2, 0) is 43.5 Å². The predicted molar refractivity (Wildman–Crippen MR) is 101 cm³/mol. The molecule has 0 unspecified atom stereocenters. The van der Waals surface area contributed by atoms with Crippen molar-refractivity contribution in [2.75, 3.05) is 26.1 Å². The largest absolute Gasteiger partial charge is 0.469 e. The number of benzene rings is 1. The van der Waals surface area contributed by atoms with E-state index in [1.54, 1.807) is 31.2 Å². The Morgan fingerprint density at radius 3 is 2.43 bits per heavy atom. The van der Waals surface area contributed by atoms with E-state index in [1.807, 2.05) is 0 Å². The third-order valence-corrected chi connectivity index (χ3v) is 4.83. The van der Waals surface area contributed by atoms with E-state index in [4.69, 9.17) is 19.9 Å². The predicted octanol–water partition coefficient (Wildman–Crippen LogP) is 0.630. The van der Waals surface area contributed by atoms with E-state index >= 15 is 0 Å². The molecule has 1 amide bonds. The number of carbonyl (C=O) groups excluding carboxylic acids is 4. The minimum atomic E-state index is -2.03. The van der Waals surface area contributed by atoms with E-state index < -0.39 is 41.5 Å². The lowest BCUT2D eigenvalue weighted by Gasteiger charge is -2.35. The van der Waals surface area contributed by atoms with E-state index in [2.05, 4.69) is 10.1 Å². The van der Waals surface area contributed by atoms with Gasteiger partial charge in [0, 0.05) is 11.3 Å². The van der Waals surface area contributed by atoms with Crippen LogP contribution in [0.5, 0.6) is 0 Å². The number of ether oxygens (including phenoxy) is 4. The number of nitrogens with one attached hydrogen (secondary N) is 1. The van der Waals surface area contributed by atoms with Crippen LogP contribution in [0.2, 0.25) is 0 Å². The van der Waals surface area contributed by atoms with Crippen LogP contribution in [0.15, 0.2) is 47.1 Å². The molecule has 3 N–H and O–H groups in total. The highest BCUT2D eigenvalue weighted by atomic mass is 16.5. The SMILES string of the molecule is CCOC(=O)C1=C(N)OC(CC(=O)OC)=C(C(=O)OC)[C@@]12C(=O)Nc1ccccc12. The molecule has 2 heterocycles. The first-order valence-electron chi connectivity index (χ1n) is 8.97. The molecule has 0 aromatic heterocycles. The van der Waals surface area contributed by atoms with Crippen molar-refractivity contribution in [3.05, 3.63) is 52.6 Å². The van der Waals surface area contributed by atoms with Crippen molar-refractivity contribution in [3.8, 4) is 0 Å². The van der Waals surface area contributed by atoms with Gasteiger partial charge < -0.3 is 30.0 Å². The maximum Gasteiger partial charge on any atom is 0.341 e. The van der Waals surface area contributed by atoms with Gasteiger partial charge in [-0.1, -0.05) is 18.2 Å². The smallest absolute Gasteiger partial charge is 0.341 e. The molecule has 158 valence electrons. The topological polar surface area (TPSA) is 143 Å². The lowest BCUT2D eigenvalue weighted by molar-refractivity contribution is -0.142. The number of anilines is 1. The number of para-hydroxylation sites is 1. The summed E-state index contributed by atoms with van der Waals surface area (Å²) in [6.07, 6.45) is -0.519. The molecule has 10 nitrogen and oxygen atoms in total.